The Labute approximate surface area is 122 Å². The van der Waals surface area contributed by atoms with E-state index in [2.05, 4.69) is 15.6 Å². The Morgan fingerprint density at radius 1 is 1.29 bits per heavy atom. The lowest BCUT2D eigenvalue weighted by molar-refractivity contribution is -0.119. The van der Waals surface area contributed by atoms with Gasteiger partial charge in [-0.3, -0.25) is 4.79 Å². The second kappa shape index (κ2) is 5.47. The summed E-state index contributed by atoms with van der Waals surface area (Å²) < 4.78 is 10.7. The van der Waals surface area contributed by atoms with Crippen LogP contribution in [0.1, 0.15) is 6.42 Å². The number of fused-ring (bicyclic) bond motifs is 1. The first-order valence-electron chi connectivity index (χ1n) is 6.75. The molecule has 0 bridgehead atoms. The lowest BCUT2D eigenvalue weighted by Gasteiger charge is -2.15. The van der Waals surface area contributed by atoms with Gasteiger partial charge in [-0.25, -0.2) is 4.98 Å². The minimum Gasteiger partial charge on any atom is -0.493 e. The molecular formula is C15H17N3O3. The smallest absolute Gasteiger partial charge is 0.222 e. The lowest BCUT2D eigenvalue weighted by Crippen LogP contribution is -2.22. The van der Waals surface area contributed by atoms with E-state index in [1.807, 2.05) is 18.2 Å². The van der Waals surface area contributed by atoms with E-state index in [-0.39, 0.29) is 11.9 Å². The van der Waals surface area contributed by atoms with Crippen LogP contribution in [0.5, 0.6) is 11.5 Å². The zero-order valence-corrected chi connectivity index (χ0v) is 12.0. The summed E-state index contributed by atoms with van der Waals surface area (Å²) in [4.78, 5) is 15.7. The summed E-state index contributed by atoms with van der Waals surface area (Å²) in [5, 5.41) is 8.06. The topological polar surface area (TPSA) is 72.5 Å². The molecule has 110 valence electrons. The zero-order valence-electron chi connectivity index (χ0n) is 12.0. The van der Waals surface area contributed by atoms with E-state index in [4.69, 9.17) is 9.47 Å². The van der Waals surface area contributed by atoms with Gasteiger partial charge in [-0.15, -0.1) is 0 Å². The summed E-state index contributed by atoms with van der Waals surface area (Å²) in [5.41, 5.74) is 0. The highest BCUT2D eigenvalue weighted by atomic mass is 16.5. The highest BCUT2D eigenvalue weighted by Gasteiger charge is 2.22. The standard InChI is InChI=1S/C15H17N3O3/c1-20-12-5-9-3-4-16-15(11(9)7-13(12)21-2)18-10-6-14(19)17-8-10/h3-5,7,10H,6,8H2,1-2H3,(H,16,18)(H,17,19). The molecule has 1 amide bonds. The number of carbonyl (C=O) groups is 1. The molecule has 21 heavy (non-hydrogen) atoms. The molecule has 6 heteroatoms. The predicted molar refractivity (Wildman–Crippen MR) is 79.9 cm³/mol. The Balaban J connectivity index is 2.00. The van der Waals surface area contributed by atoms with Crippen molar-refractivity contribution in [2.45, 2.75) is 12.5 Å². The van der Waals surface area contributed by atoms with Gasteiger partial charge in [0.2, 0.25) is 5.91 Å². The van der Waals surface area contributed by atoms with Crippen LogP contribution in [0.4, 0.5) is 5.82 Å². The maximum atomic E-state index is 11.3. The largest absolute Gasteiger partial charge is 0.493 e. The predicted octanol–water partition coefficient (Wildman–Crippen LogP) is 1.55. The van der Waals surface area contributed by atoms with Crippen molar-refractivity contribution in [2.24, 2.45) is 0 Å². The van der Waals surface area contributed by atoms with Crippen molar-refractivity contribution in [2.75, 3.05) is 26.1 Å². The van der Waals surface area contributed by atoms with E-state index >= 15 is 0 Å². The Morgan fingerprint density at radius 2 is 2.05 bits per heavy atom. The molecule has 1 aliphatic rings. The highest BCUT2D eigenvalue weighted by molar-refractivity contribution is 5.94. The average molecular weight is 287 g/mol. The van der Waals surface area contributed by atoms with Crippen LogP contribution in [-0.2, 0) is 4.79 Å². The van der Waals surface area contributed by atoms with Gasteiger partial charge in [0.25, 0.3) is 0 Å². The number of amides is 1. The minimum absolute atomic E-state index is 0.0590. The Kier molecular flexibility index (Phi) is 3.51. The number of aromatic nitrogens is 1. The first-order chi connectivity index (χ1) is 10.2. The van der Waals surface area contributed by atoms with Gasteiger partial charge in [-0.05, 0) is 23.6 Å². The van der Waals surface area contributed by atoms with Crippen LogP contribution in [0, 0.1) is 0 Å². The number of hydrogen-bond acceptors (Lipinski definition) is 5. The molecule has 2 N–H and O–H groups in total. The lowest BCUT2D eigenvalue weighted by atomic mass is 10.1. The summed E-state index contributed by atoms with van der Waals surface area (Å²) in [6, 6.07) is 5.79. The summed E-state index contributed by atoms with van der Waals surface area (Å²) in [6.07, 6.45) is 2.20. The van der Waals surface area contributed by atoms with Crippen LogP contribution < -0.4 is 20.1 Å². The average Bonchev–Trinajstić information content (AvgIpc) is 2.91. The molecule has 0 radical (unpaired) electrons. The van der Waals surface area contributed by atoms with Crippen molar-refractivity contribution in [3.05, 3.63) is 24.4 Å². The monoisotopic (exact) mass is 287 g/mol. The van der Waals surface area contributed by atoms with Crippen molar-refractivity contribution in [3.8, 4) is 11.5 Å². The van der Waals surface area contributed by atoms with Gasteiger partial charge in [-0.2, -0.15) is 0 Å². The number of carbonyl (C=O) groups excluding carboxylic acids is 1. The van der Waals surface area contributed by atoms with Gasteiger partial charge < -0.3 is 20.1 Å². The van der Waals surface area contributed by atoms with E-state index < -0.39 is 0 Å². The maximum Gasteiger partial charge on any atom is 0.222 e. The van der Waals surface area contributed by atoms with E-state index in [9.17, 15) is 4.79 Å². The Hall–Kier alpha value is -2.50. The second-order valence-electron chi connectivity index (χ2n) is 4.94. The zero-order chi connectivity index (χ0) is 14.8. The fourth-order valence-corrected chi connectivity index (χ4v) is 2.51. The molecule has 1 fully saturated rings. The molecule has 2 aromatic rings. The van der Waals surface area contributed by atoms with Crippen LogP contribution in [-0.4, -0.2) is 37.7 Å². The number of anilines is 1. The maximum absolute atomic E-state index is 11.3. The van der Waals surface area contributed by atoms with Gasteiger partial charge in [-0.1, -0.05) is 0 Å². The molecule has 1 atom stereocenters. The number of rotatable bonds is 4. The summed E-state index contributed by atoms with van der Waals surface area (Å²) in [5.74, 6) is 2.14. The third kappa shape index (κ3) is 2.56. The van der Waals surface area contributed by atoms with Crippen molar-refractivity contribution >= 4 is 22.5 Å². The molecular weight excluding hydrogens is 270 g/mol. The van der Waals surface area contributed by atoms with Crippen LogP contribution in [0.2, 0.25) is 0 Å². The van der Waals surface area contributed by atoms with Crippen molar-refractivity contribution in [1.29, 1.82) is 0 Å². The molecule has 1 aliphatic heterocycles. The molecule has 1 saturated heterocycles. The fraction of sp³-hybridized carbons (Fsp3) is 0.333. The van der Waals surface area contributed by atoms with Crippen LogP contribution in [0.25, 0.3) is 10.8 Å². The number of nitrogens with zero attached hydrogens (tertiary/aromatic N) is 1. The molecule has 1 unspecified atom stereocenters. The summed E-state index contributed by atoms with van der Waals surface area (Å²) in [7, 11) is 3.21. The Morgan fingerprint density at radius 3 is 2.71 bits per heavy atom. The first-order valence-corrected chi connectivity index (χ1v) is 6.75. The van der Waals surface area contributed by atoms with E-state index in [0.717, 1.165) is 16.6 Å². The fourth-order valence-electron chi connectivity index (χ4n) is 2.51. The van der Waals surface area contributed by atoms with Crippen molar-refractivity contribution in [1.82, 2.24) is 10.3 Å². The molecule has 0 aliphatic carbocycles. The third-order valence-corrected chi connectivity index (χ3v) is 3.59. The molecule has 2 heterocycles. The summed E-state index contributed by atoms with van der Waals surface area (Å²) >= 11 is 0. The molecule has 0 saturated carbocycles. The highest BCUT2D eigenvalue weighted by Crippen LogP contribution is 2.34. The molecule has 6 nitrogen and oxygen atoms in total. The van der Waals surface area contributed by atoms with Crippen LogP contribution in [0.3, 0.4) is 0 Å². The van der Waals surface area contributed by atoms with Gasteiger partial charge >= 0.3 is 0 Å². The normalized spacial score (nSPS) is 17.6. The van der Waals surface area contributed by atoms with Gasteiger partial charge in [0, 0.05) is 24.5 Å². The quantitative estimate of drug-likeness (QED) is 0.892. The van der Waals surface area contributed by atoms with Gasteiger partial charge in [0.05, 0.1) is 20.3 Å². The van der Waals surface area contributed by atoms with Crippen LogP contribution in [0.15, 0.2) is 24.4 Å². The van der Waals surface area contributed by atoms with Crippen molar-refractivity contribution < 1.29 is 14.3 Å². The van der Waals surface area contributed by atoms with E-state index in [1.54, 1.807) is 20.4 Å². The second-order valence-corrected chi connectivity index (χ2v) is 4.94. The number of methoxy groups -OCH3 is 2. The summed E-state index contributed by atoms with van der Waals surface area (Å²) in [6.45, 7) is 0.615. The first kappa shape index (κ1) is 13.5. The Bertz CT molecular complexity index is 687. The number of ether oxygens (including phenoxy) is 2. The van der Waals surface area contributed by atoms with Gasteiger partial charge in [0.15, 0.2) is 11.5 Å². The number of pyridine rings is 1. The van der Waals surface area contributed by atoms with E-state index in [1.165, 1.54) is 0 Å². The van der Waals surface area contributed by atoms with E-state index in [0.29, 0.717) is 24.5 Å². The molecule has 3 rings (SSSR count). The van der Waals surface area contributed by atoms with Crippen molar-refractivity contribution in [3.63, 3.8) is 0 Å². The molecule has 1 aromatic heterocycles. The molecule has 1 aromatic carbocycles. The van der Waals surface area contributed by atoms with Gasteiger partial charge in [0.1, 0.15) is 5.82 Å². The third-order valence-electron chi connectivity index (χ3n) is 3.59. The minimum atomic E-state index is 0.0590. The number of hydrogen-bond donors (Lipinski definition) is 2. The molecule has 0 spiro atoms. The number of nitrogens with one attached hydrogen (secondary N) is 2. The van der Waals surface area contributed by atoms with Crippen LogP contribution >= 0.6 is 0 Å². The number of benzene rings is 1. The SMILES string of the molecule is COc1cc2ccnc(NC3CNC(=O)C3)c2cc1OC.